The molecule has 2 heterocycles. The summed E-state index contributed by atoms with van der Waals surface area (Å²) in [6.07, 6.45) is 0. The number of carbonyl (C=O) groups is 2. The Hall–Kier alpha value is -1.85. The molecule has 1 aromatic heterocycles. The van der Waals surface area contributed by atoms with Gasteiger partial charge in [0, 0.05) is 0 Å². The molecule has 2 aromatic rings. The summed E-state index contributed by atoms with van der Waals surface area (Å²) in [6, 6.07) is 10.9. The number of fused-ring (bicyclic) bond motifs is 1. The van der Waals surface area contributed by atoms with Crippen LogP contribution >= 0.6 is 22.9 Å². The maximum atomic E-state index is 12.2. The predicted octanol–water partition coefficient (Wildman–Crippen LogP) is 3.04. The van der Waals surface area contributed by atoms with Crippen molar-refractivity contribution >= 4 is 46.0 Å². The molecule has 4 nitrogen and oxygen atoms in total. The number of nitrogens with zero attached hydrogens (tertiary/aromatic N) is 1. The summed E-state index contributed by atoms with van der Waals surface area (Å²) in [6.45, 7) is 0.350. The summed E-state index contributed by atoms with van der Waals surface area (Å²) >= 11 is 7.10. The molecule has 3 rings (SSSR count). The van der Waals surface area contributed by atoms with E-state index in [1.165, 1.54) is 11.3 Å². The van der Waals surface area contributed by atoms with Gasteiger partial charge in [-0.2, -0.15) is 0 Å². The van der Waals surface area contributed by atoms with Crippen LogP contribution in [0.4, 0.5) is 11.4 Å². The molecule has 0 spiro atoms. The second-order valence-corrected chi connectivity index (χ2v) is 6.16. The summed E-state index contributed by atoms with van der Waals surface area (Å²) in [5.74, 6) is -0.146. The highest BCUT2D eigenvalue weighted by Crippen LogP contribution is 2.29. The molecule has 20 heavy (non-hydrogen) atoms. The van der Waals surface area contributed by atoms with Crippen molar-refractivity contribution in [1.29, 1.82) is 0 Å². The van der Waals surface area contributed by atoms with Gasteiger partial charge in [0.2, 0.25) is 5.91 Å². The zero-order valence-corrected chi connectivity index (χ0v) is 12.0. The lowest BCUT2D eigenvalue weighted by molar-refractivity contribution is -0.115. The van der Waals surface area contributed by atoms with Gasteiger partial charge < -0.3 is 10.2 Å². The first kappa shape index (κ1) is 13.1. The molecular weight excluding hydrogens is 296 g/mol. The van der Waals surface area contributed by atoms with E-state index in [0.717, 1.165) is 11.4 Å². The second kappa shape index (κ2) is 5.26. The number of amides is 1. The van der Waals surface area contributed by atoms with Crippen LogP contribution in [0.25, 0.3) is 0 Å². The minimum absolute atomic E-state index is 0.0357. The zero-order valence-electron chi connectivity index (χ0n) is 10.4. The van der Waals surface area contributed by atoms with Gasteiger partial charge in [-0.1, -0.05) is 23.7 Å². The van der Waals surface area contributed by atoms with E-state index in [2.05, 4.69) is 5.32 Å². The van der Waals surface area contributed by atoms with Gasteiger partial charge in [0.15, 0.2) is 5.78 Å². The minimum Gasteiger partial charge on any atom is -0.353 e. The molecule has 6 heteroatoms. The third-order valence-corrected chi connectivity index (χ3v) is 4.31. The van der Waals surface area contributed by atoms with Crippen LogP contribution in [0.15, 0.2) is 36.4 Å². The third kappa shape index (κ3) is 2.55. The molecule has 0 bridgehead atoms. The Balaban J connectivity index is 1.84. The van der Waals surface area contributed by atoms with E-state index in [4.69, 9.17) is 11.6 Å². The molecule has 1 aliphatic rings. The molecule has 0 aliphatic carbocycles. The molecule has 0 unspecified atom stereocenters. The van der Waals surface area contributed by atoms with Crippen LogP contribution in [0, 0.1) is 0 Å². The van der Waals surface area contributed by atoms with Crippen molar-refractivity contribution in [2.24, 2.45) is 0 Å². The number of halogens is 1. The second-order valence-electron chi connectivity index (χ2n) is 4.45. The number of nitrogens with one attached hydrogen (secondary N) is 1. The van der Waals surface area contributed by atoms with E-state index in [0.29, 0.717) is 9.21 Å². The summed E-state index contributed by atoms with van der Waals surface area (Å²) in [5.41, 5.74) is 1.60. The molecule has 0 saturated heterocycles. The largest absolute Gasteiger partial charge is 0.353 e. The van der Waals surface area contributed by atoms with Crippen molar-refractivity contribution in [2.75, 3.05) is 23.3 Å². The van der Waals surface area contributed by atoms with Gasteiger partial charge in [-0.25, -0.2) is 0 Å². The molecular formula is C14H11ClN2O2S. The Morgan fingerprint density at radius 2 is 2.10 bits per heavy atom. The van der Waals surface area contributed by atoms with Crippen molar-refractivity contribution in [1.82, 2.24) is 0 Å². The SMILES string of the molecule is O=C1CN(CC(=O)c2ccc(Cl)s2)c2ccccc2N1. The Bertz CT molecular complexity index is 683. The quantitative estimate of drug-likeness (QED) is 0.887. The van der Waals surface area contributed by atoms with Gasteiger partial charge in [-0.3, -0.25) is 9.59 Å². The highest BCUT2D eigenvalue weighted by atomic mass is 35.5. The molecule has 0 saturated carbocycles. The van der Waals surface area contributed by atoms with E-state index in [1.807, 2.05) is 24.3 Å². The molecule has 1 N–H and O–H groups in total. The summed E-state index contributed by atoms with van der Waals surface area (Å²) in [7, 11) is 0. The summed E-state index contributed by atoms with van der Waals surface area (Å²) in [4.78, 5) is 26.3. The van der Waals surface area contributed by atoms with Gasteiger partial charge in [0.05, 0.1) is 33.7 Å². The number of benzene rings is 1. The van der Waals surface area contributed by atoms with Crippen LogP contribution in [0.2, 0.25) is 4.34 Å². The Labute approximate surface area is 125 Å². The number of hydrogen-bond donors (Lipinski definition) is 1. The Morgan fingerprint density at radius 3 is 2.85 bits per heavy atom. The van der Waals surface area contributed by atoms with Gasteiger partial charge >= 0.3 is 0 Å². The van der Waals surface area contributed by atoms with Crippen LogP contribution in [0.5, 0.6) is 0 Å². The first-order valence-corrected chi connectivity index (χ1v) is 7.25. The molecule has 1 amide bonds. The molecule has 0 radical (unpaired) electrons. The Kier molecular flexibility index (Phi) is 3.46. The summed E-state index contributed by atoms with van der Waals surface area (Å²) < 4.78 is 0.588. The molecule has 0 atom stereocenters. The van der Waals surface area contributed by atoms with Crippen molar-refractivity contribution in [3.63, 3.8) is 0 Å². The van der Waals surface area contributed by atoms with Crippen molar-refractivity contribution in [3.05, 3.63) is 45.6 Å². The van der Waals surface area contributed by atoms with Gasteiger partial charge in [0.25, 0.3) is 0 Å². The maximum absolute atomic E-state index is 12.2. The number of rotatable bonds is 3. The maximum Gasteiger partial charge on any atom is 0.243 e. The monoisotopic (exact) mass is 306 g/mol. The van der Waals surface area contributed by atoms with Crippen molar-refractivity contribution < 1.29 is 9.59 Å². The lowest BCUT2D eigenvalue weighted by Gasteiger charge is -2.30. The molecule has 102 valence electrons. The van der Waals surface area contributed by atoms with Crippen molar-refractivity contribution in [2.45, 2.75) is 0 Å². The lowest BCUT2D eigenvalue weighted by atomic mass is 10.1. The van der Waals surface area contributed by atoms with Crippen LogP contribution in [0.3, 0.4) is 0 Å². The van der Waals surface area contributed by atoms with E-state index < -0.39 is 0 Å². The third-order valence-electron chi connectivity index (χ3n) is 3.04. The lowest BCUT2D eigenvalue weighted by Crippen LogP contribution is -2.40. The standard InChI is InChI=1S/C14H11ClN2O2S/c15-13-6-5-12(20-13)11(18)7-17-8-14(19)16-9-3-1-2-4-10(9)17/h1-6H,7-8H2,(H,16,19). The number of thiophene rings is 1. The van der Waals surface area contributed by atoms with Crippen molar-refractivity contribution in [3.8, 4) is 0 Å². The highest BCUT2D eigenvalue weighted by Gasteiger charge is 2.24. The first-order valence-electron chi connectivity index (χ1n) is 6.06. The number of hydrogen-bond acceptors (Lipinski definition) is 4. The van der Waals surface area contributed by atoms with Gasteiger partial charge in [0.1, 0.15) is 0 Å². The van der Waals surface area contributed by atoms with Crippen LogP contribution in [-0.2, 0) is 4.79 Å². The number of carbonyl (C=O) groups excluding carboxylic acids is 2. The fraction of sp³-hybridized carbons (Fsp3) is 0.143. The van der Waals surface area contributed by atoms with E-state index in [-0.39, 0.29) is 24.8 Å². The average Bonchev–Trinajstić information content (AvgIpc) is 2.85. The smallest absolute Gasteiger partial charge is 0.243 e. The van der Waals surface area contributed by atoms with Crippen LogP contribution in [-0.4, -0.2) is 24.8 Å². The normalized spacial score (nSPS) is 13.8. The topological polar surface area (TPSA) is 49.4 Å². The Morgan fingerprint density at radius 1 is 1.30 bits per heavy atom. The van der Waals surface area contributed by atoms with Gasteiger partial charge in [-0.15, -0.1) is 11.3 Å². The van der Waals surface area contributed by atoms with E-state index in [1.54, 1.807) is 17.0 Å². The van der Waals surface area contributed by atoms with E-state index in [9.17, 15) is 9.59 Å². The highest BCUT2D eigenvalue weighted by molar-refractivity contribution is 7.18. The van der Waals surface area contributed by atoms with Crippen LogP contribution in [0.1, 0.15) is 9.67 Å². The number of Topliss-reactive ketones (excluding diaryl/α,β-unsaturated/α-hetero) is 1. The zero-order chi connectivity index (χ0) is 14.1. The average molecular weight is 307 g/mol. The van der Waals surface area contributed by atoms with Gasteiger partial charge in [-0.05, 0) is 24.3 Å². The predicted molar refractivity (Wildman–Crippen MR) is 80.9 cm³/mol. The number of para-hydroxylation sites is 2. The summed E-state index contributed by atoms with van der Waals surface area (Å²) in [5, 5.41) is 2.80. The molecule has 1 aliphatic heterocycles. The first-order chi connectivity index (χ1) is 9.63. The fourth-order valence-electron chi connectivity index (χ4n) is 2.16. The number of anilines is 2. The molecule has 0 fully saturated rings. The number of ketones is 1. The van der Waals surface area contributed by atoms with Crippen LogP contribution < -0.4 is 10.2 Å². The minimum atomic E-state index is -0.110. The fourth-order valence-corrected chi connectivity index (χ4v) is 3.13. The van der Waals surface area contributed by atoms with E-state index >= 15 is 0 Å². The molecule has 1 aromatic carbocycles.